The third-order valence-electron chi connectivity index (χ3n) is 6.45. The lowest BCUT2D eigenvalue weighted by molar-refractivity contribution is -0.179. The molecule has 0 aliphatic heterocycles. The molecule has 1 fully saturated rings. The second-order valence-corrected chi connectivity index (χ2v) is 9.10. The van der Waals surface area contributed by atoms with Gasteiger partial charge in [-0.05, 0) is 56.0 Å². The van der Waals surface area contributed by atoms with Gasteiger partial charge in [0.1, 0.15) is 5.82 Å². The maximum Gasteiger partial charge on any atom is 0.253 e. The number of benzene rings is 1. The Morgan fingerprint density at radius 3 is 2.56 bits per heavy atom. The smallest absolute Gasteiger partial charge is 0.253 e. The molecule has 1 aliphatic carbocycles. The van der Waals surface area contributed by atoms with Crippen molar-refractivity contribution in [2.24, 2.45) is 7.05 Å². The summed E-state index contributed by atoms with van der Waals surface area (Å²) in [4.78, 5) is 16.9. The second kappa shape index (κ2) is 8.08. The van der Waals surface area contributed by atoms with Crippen molar-refractivity contribution in [1.29, 1.82) is 0 Å². The molecule has 1 aromatic carbocycles. The molecule has 2 aromatic heterocycles. The SMILES string of the molecule is COC(C)(O)Cn1c(C2CCC(F)(F)CC2)nc2ccc(-c3cc(C)c(=O)n(C)c3)cc21. The first-order valence-electron chi connectivity index (χ1n) is 10.8. The Morgan fingerprint density at radius 1 is 1.25 bits per heavy atom. The van der Waals surface area contributed by atoms with E-state index >= 15 is 0 Å². The summed E-state index contributed by atoms with van der Waals surface area (Å²) in [7, 11) is 3.15. The fraction of sp³-hybridized carbons (Fsp3) is 0.500. The van der Waals surface area contributed by atoms with Crippen molar-refractivity contribution in [3.63, 3.8) is 0 Å². The van der Waals surface area contributed by atoms with E-state index in [2.05, 4.69) is 0 Å². The number of ether oxygens (including phenoxy) is 1. The number of imidazole rings is 1. The van der Waals surface area contributed by atoms with Gasteiger partial charge in [-0.25, -0.2) is 13.8 Å². The minimum atomic E-state index is -2.63. The van der Waals surface area contributed by atoms with Crippen molar-refractivity contribution >= 4 is 11.0 Å². The molecule has 172 valence electrons. The minimum absolute atomic E-state index is 0.0487. The summed E-state index contributed by atoms with van der Waals surface area (Å²) in [5.41, 5.74) is 3.90. The maximum absolute atomic E-state index is 13.7. The van der Waals surface area contributed by atoms with Crippen LogP contribution in [0.25, 0.3) is 22.2 Å². The molecule has 0 amide bonds. The molecule has 0 spiro atoms. The molecule has 1 aliphatic rings. The Bertz CT molecular complexity index is 1180. The second-order valence-electron chi connectivity index (χ2n) is 9.10. The standard InChI is InChI=1S/C24H29F2N3O3/c1-15-11-18(13-28(3)22(15)30)17-5-6-19-20(12-17)29(14-23(2,31)32-4)21(27-19)16-7-9-24(25,26)10-8-16/h5-6,11-13,16,31H,7-10,14H2,1-4H3. The van der Waals surface area contributed by atoms with Crippen LogP contribution in [0.2, 0.25) is 0 Å². The highest BCUT2D eigenvalue weighted by atomic mass is 19.3. The van der Waals surface area contributed by atoms with Gasteiger partial charge in [0, 0.05) is 44.7 Å². The largest absolute Gasteiger partial charge is 0.364 e. The minimum Gasteiger partial charge on any atom is -0.364 e. The zero-order chi connectivity index (χ0) is 23.3. The number of pyridine rings is 1. The number of aryl methyl sites for hydroxylation is 2. The van der Waals surface area contributed by atoms with E-state index in [4.69, 9.17) is 9.72 Å². The van der Waals surface area contributed by atoms with Crippen LogP contribution in [0.3, 0.4) is 0 Å². The number of hydrogen-bond donors (Lipinski definition) is 1. The predicted octanol–water partition coefficient (Wildman–Crippen LogP) is 4.36. The zero-order valence-electron chi connectivity index (χ0n) is 18.9. The Kier molecular flexibility index (Phi) is 5.71. The molecule has 0 saturated heterocycles. The number of alkyl halides is 2. The van der Waals surface area contributed by atoms with Crippen LogP contribution in [0.5, 0.6) is 0 Å². The van der Waals surface area contributed by atoms with Crippen molar-refractivity contribution in [2.45, 2.75) is 63.7 Å². The van der Waals surface area contributed by atoms with Crippen LogP contribution < -0.4 is 5.56 Å². The topological polar surface area (TPSA) is 69.3 Å². The van der Waals surface area contributed by atoms with E-state index in [1.54, 1.807) is 31.7 Å². The number of nitrogens with zero attached hydrogens (tertiary/aromatic N) is 3. The highest BCUT2D eigenvalue weighted by molar-refractivity contribution is 5.83. The van der Waals surface area contributed by atoms with Crippen molar-refractivity contribution in [2.75, 3.05) is 7.11 Å². The van der Waals surface area contributed by atoms with Crippen molar-refractivity contribution in [3.8, 4) is 11.1 Å². The number of hydrogen-bond acceptors (Lipinski definition) is 4. The molecule has 1 unspecified atom stereocenters. The van der Waals surface area contributed by atoms with Gasteiger partial charge in [0.2, 0.25) is 5.92 Å². The zero-order valence-corrected chi connectivity index (χ0v) is 18.9. The van der Waals surface area contributed by atoms with Crippen LogP contribution in [0.4, 0.5) is 8.78 Å². The molecular formula is C24H29F2N3O3. The molecule has 1 N–H and O–H groups in total. The van der Waals surface area contributed by atoms with Crippen molar-refractivity contribution in [1.82, 2.24) is 14.1 Å². The first-order valence-corrected chi connectivity index (χ1v) is 10.8. The van der Waals surface area contributed by atoms with Gasteiger partial charge in [0.15, 0.2) is 5.79 Å². The summed E-state index contributed by atoms with van der Waals surface area (Å²) in [5.74, 6) is -3.48. The number of halogens is 2. The molecule has 0 radical (unpaired) electrons. The van der Waals surface area contributed by atoms with E-state index in [-0.39, 0.29) is 30.9 Å². The summed E-state index contributed by atoms with van der Waals surface area (Å²) in [6.07, 6.45) is 2.15. The van der Waals surface area contributed by atoms with Gasteiger partial charge in [-0.15, -0.1) is 0 Å². The predicted molar refractivity (Wildman–Crippen MR) is 119 cm³/mol. The van der Waals surface area contributed by atoms with Gasteiger partial charge in [-0.2, -0.15) is 0 Å². The Balaban J connectivity index is 1.83. The molecule has 0 bridgehead atoms. The van der Waals surface area contributed by atoms with E-state index in [1.165, 1.54) is 7.11 Å². The van der Waals surface area contributed by atoms with Gasteiger partial charge in [0.25, 0.3) is 5.56 Å². The summed E-state index contributed by atoms with van der Waals surface area (Å²) >= 11 is 0. The normalized spacial score (nSPS) is 18.7. The molecule has 4 rings (SSSR count). The van der Waals surface area contributed by atoms with Gasteiger partial charge in [-0.1, -0.05) is 6.07 Å². The summed E-state index contributed by atoms with van der Waals surface area (Å²) < 4.78 is 36.2. The lowest BCUT2D eigenvalue weighted by Gasteiger charge is -2.30. The quantitative estimate of drug-likeness (QED) is 0.593. The number of aromatic nitrogens is 3. The van der Waals surface area contributed by atoms with Gasteiger partial charge in [-0.3, -0.25) is 4.79 Å². The molecule has 8 heteroatoms. The Morgan fingerprint density at radius 2 is 1.94 bits per heavy atom. The highest BCUT2D eigenvalue weighted by Crippen LogP contribution is 2.41. The highest BCUT2D eigenvalue weighted by Gasteiger charge is 2.37. The average Bonchev–Trinajstić information content (AvgIpc) is 3.08. The fourth-order valence-corrected chi connectivity index (χ4v) is 4.49. The van der Waals surface area contributed by atoms with Crippen LogP contribution in [0.1, 0.15) is 49.9 Å². The lowest BCUT2D eigenvalue weighted by Crippen LogP contribution is -2.34. The van der Waals surface area contributed by atoms with Crippen LogP contribution in [0.15, 0.2) is 35.3 Å². The van der Waals surface area contributed by atoms with Gasteiger partial charge < -0.3 is 19.0 Å². The van der Waals surface area contributed by atoms with E-state index in [0.29, 0.717) is 24.2 Å². The van der Waals surface area contributed by atoms with E-state index in [9.17, 15) is 18.7 Å². The lowest BCUT2D eigenvalue weighted by atomic mass is 9.86. The third kappa shape index (κ3) is 4.34. The molecular weight excluding hydrogens is 416 g/mol. The van der Waals surface area contributed by atoms with E-state index in [0.717, 1.165) is 22.2 Å². The van der Waals surface area contributed by atoms with E-state index in [1.807, 2.05) is 28.8 Å². The molecule has 1 saturated carbocycles. The van der Waals surface area contributed by atoms with Crippen molar-refractivity contribution in [3.05, 3.63) is 52.2 Å². The van der Waals surface area contributed by atoms with Crippen LogP contribution in [-0.2, 0) is 18.3 Å². The number of aliphatic hydroxyl groups is 1. The number of methoxy groups -OCH3 is 1. The van der Waals surface area contributed by atoms with Crippen molar-refractivity contribution < 1.29 is 18.6 Å². The molecule has 6 nitrogen and oxygen atoms in total. The molecule has 1 atom stereocenters. The fourth-order valence-electron chi connectivity index (χ4n) is 4.49. The third-order valence-corrected chi connectivity index (χ3v) is 6.45. The van der Waals surface area contributed by atoms with Gasteiger partial charge in [0.05, 0.1) is 17.6 Å². The van der Waals surface area contributed by atoms with Gasteiger partial charge >= 0.3 is 0 Å². The Labute approximate surface area is 185 Å². The first kappa shape index (κ1) is 22.6. The first-order chi connectivity index (χ1) is 15.0. The summed E-state index contributed by atoms with van der Waals surface area (Å²) in [6.45, 7) is 3.47. The Hall–Kier alpha value is -2.58. The maximum atomic E-state index is 13.7. The number of fused-ring (bicyclic) bond motifs is 1. The average molecular weight is 446 g/mol. The van der Waals surface area contributed by atoms with E-state index < -0.39 is 11.7 Å². The van der Waals surface area contributed by atoms with Crippen LogP contribution >= 0.6 is 0 Å². The molecule has 32 heavy (non-hydrogen) atoms. The summed E-state index contributed by atoms with van der Waals surface area (Å²) in [5, 5.41) is 10.6. The van der Waals surface area contributed by atoms with Crippen LogP contribution in [-0.4, -0.2) is 38.0 Å². The number of rotatable bonds is 5. The molecule has 2 heterocycles. The summed E-state index contributed by atoms with van der Waals surface area (Å²) in [6, 6.07) is 7.64. The van der Waals surface area contributed by atoms with Crippen LogP contribution in [0, 0.1) is 6.92 Å². The molecule has 3 aromatic rings. The monoisotopic (exact) mass is 445 g/mol.